The van der Waals surface area contributed by atoms with Crippen LogP contribution < -0.4 is 4.90 Å². The van der Waals surface area contributed by atoms with Gasteiger partial charge in [-0.05, 0) is 24.6 Å². The van der Waals surface area contributed by atoms with Gasteiger partial charge in [-0.2, -0.15) is 5.10 Å². The number of hydrogen-bond acceptors (Lipinski definition) is 4. The van der Waals surface area contributed by atoms with E-state index in [1.54, 1.807) is 22.9 Å². The average molecular weight is 305 g/mol. The highest BCUT2D eigenvalue weighted by atomic mass is 35.5. The molecule has 0 fully saturated rings. The Morgan fingerprint density at radius 2 is 2.10 bits per heavy atom. The molecule has 0 spiro atoms. The van der Waals surface area contributed by atoms with Gasteiger partial charge in [-0.15, -0.1) is 0 Å². The predicted octanol–water partition coefficient (Wildman–Crippen LogP) is 2.07. The zero-order chi connectivity index (χ0) is 15.0. The Bertz CT molecular complexity index is 726. The molecule has 7 heteroatoms. The molecular weight excluding hydrogens is 292 g/mol. The van der Waals surface area contributed by atoms with Crippen molar-refractivity contribution in [3.8, 4) is 0 Å². The standard InChI is InChI=1S/C14H13ClN4O2/c1-2-5-19-12(16-8-17-19)7-18-11-6-9(15)3-4-10(11)13(20)14(18)21/h3-4,6,8H,2,5,7H2,1H3. The molecule has 21 heavy (non-hydrogen) atoms. The van der Waals surface area contributed by atoms with Gasteiger partial charge in [0.05, 0.1) is 17.8 Å². The lowest BCUT2D eigenvalue weighted by Crippen LogP contribution is -2.30. The van der Waals surface area contributed by atoms with Crippen molar-refractivity contribution in [2.75, 3.05) is 4.90 Å². The molecule has 2 aromatic rings. The molecule has 1 aromatic carbocycles. The summed E-state index contributed by atoms with van der Waals surface area (Å²) in [4.78, 5) is 29.7. The van der Waals surface area contributed by atoms with Crippen LogP contribution in [0.4, 0.5) is 5.69 Å². The van der Waals surface area contributed by atoms with E-state index in [2.05, 4.69) is 10.1 Å². The van der Waals surface area contributed by atoms with Crippen LogP contribution in [0.2, 0.25) is 5.02 Å². The van der Waals surface area contributed by atoms with Crippen molar-refractivity contribution >= 4 is 29.0 Å². The number of anilines is 1. The molecule has 0 saturated heterocycles. The Hall–Kier alpha value is -2.21. The topological polar surface area (TPSA) is 68.1 Å². The summed E-state index contributed by atoms with van der Waals surface area (Å²) < 4.78 is 1.74. The summed E-state index contributed by atoms with van der Waals surface area (Å²) in [7, 11) is 0. The van der Waals surface area contributed by atoms with Crippen molar-refractivity contribution in [2.24, 2.45) is 0 Å². The van der Waals surface area contributed by atoms with Gasteiger partial charge in [0.2, 0.25) is 0 Å². The second-order valence-electron chi connectivity index (χ2n) is 4.78. The summed E-state index contributed by atoms with van der Waals surface area (Å²) in [5, 5.41) is 4.60. The second-order valence-corrected chi connectivity index (χ2v) is 5.22. The fourth-order valence-electron chi connectivity index (χ4n) is 2.37. The predicted molar refractivity (Wildman–Crippen MR) is 77.3 cm³/mol. The smallest absolute Gasteiger partial charge is 0.297 e. The number of nitrogens with zero attached hydrogens (tertiary/aromatic N) is 4. The van der Waals surface area contributed by atoms with Crippen molar-refractivity contribution < 1.29 is 9.59 Å². The highest BCUT2D eigenvalue weighted by Gasteiger charge is 2.36. The first-order valence-electron chi connectivity index (χ1n) is 6.64. The van der Waals surface area contributed by atoms with E-state index < -0.39 is 11.7 Å². The number of ketones is 1. The molecule has 1 aliphatic heterocycles. The molecule has 108 valence electrons. The highest BCUT2D eigenvalue weighted by Crippen LogP contribution is 2.32. The maximum absolute atomic E-state index is 12.1. The van der Waals surface area contributed by atoms with Crippen molar-refractivity contribution in [1.82, 2.24) is 14.8 Å². The van der Waals surface area contributed by atoms with Crippen molar-refractivity contribution in [2.45, 2.75) is 26.4 Å². The van der Waals surface area contributed by atoms with Crippen LogP contribution in [0.5, 0.6) is 0 Å². The van der Waals surface area contributed by atoms with Crippen LogP contribution in [0.3, 0.4) is 0 Å². The Morgan fingerprint density at radius 1 is 1.29 bits per heavy atom. The first-order chi connectivity index (χ1) is 10.1. The molecule has 3 rings (SSSR count). The van der Waals surface area contributed by atoms with Crippen LogP contribution in [-0.4, -0.2) is 26.5 Å². The number of hydrogen-bond donors (Lipinski definition) is 0. The number of aromatic nitrogens is 3. The first-order valence-corrected chi connectivity index (χ1v) is 7.02. The molecule has 1 amide bonds. The maximum atomic E-state index is 12.1. The number of rotatable bonds is 4. The van der Waals surface area contributed by atoms with E-state index in [1.165, 1.54) is 11.2 Å². The summed E-state index contributed by atoms with van der Waals surface area (Å²) in [6.07, 6.45) is 2.36. The number of amides is 1. The minimum absolute atomic E-state index is 0.206. The molecule has 0 unspecified atom stereocenters. The molecule has 2 heterocycles. The zero-order valence-corrected chi connectivity index (χ0v) is 12.2. The van der Waals surface area contributed by atoms with Gasteiger partial charge >= 0.3 is 0 Å². The lowest BCUT2D eigenvalue weighted by atomic mass is 10.1. The van der Waals surface area contributed by atoms with E-state index in [4.69, 9.17) is 11.6 Å². The van der Waals surface area contributed by atoms with Gasteiger partial charge in [-0.25, -0.2) is 9.67 Å². The van der Waals surface area contributed by atoms with Gasteiger partial charge in [-0.3, -0.25) is 14.5 Å². The van der Waals surface area contributed by atoms with Gasteiger partial charge in [-0.1, -0.05) is 18.5 Å². The lowest BCUT2D eigenvalue weighted by Gasteiger charge is -2.16. The Morgan fingerprint density at radius 3 is 2.86 bits per heavy atom. The van der Waals surface area contributed by atoms with Crippen LogP contribution in [-0.2, 0) is 17.9 Å². The molecule has 1 aromatic heterocycles. The molecular formula is C14H13ClN4O2. The van der Waals surface area contributed by atoms with E-state index >= 15 is 0 Å². The summed E-state index contributed by atoms with van der Waals surface area (Å²) in [6.45, 7) is 2.96. The zero-order valence-electron chi connectivity index (χ0n) is 11.4. The van der Waals surface area contributed by atoms with Gasteiger partial charge in [0.25, 0.3) is 11.7 Å². The molecule has 6 nitrogen and oxygen atoms in total. The quantitative estimate of drug-likeness (QED) is 0.811. The van der Waals surface area contributed by atoms with Crippen molar-refractivity contribution in [1.29, 1.82) is 0 Å². The van der Waals surface area contributed by atoms with Crippen LogP contribution in [0.1, 0.15) is 29.5 Å². The Kier molecular flexibility index (Phi) is 3.47. The molecule has 0 bridgehead atoms. The summed E-state index contributed by atoms with van der Waals surface area (Å²) in [5.74, 6) is -0.424. The van der Waals surface area contributed by atoms with E-state index in [-0.39, 0.29) is 6.54 Å². The Balaban J connectivity index is 1.96. The second kappa shape index (κ2) is 5.29. The maximum Gasteiger partial charge on any atom is 0.299 e. The molecule has 0 saturated carbocycles. The fourth-order valence-corrected chi connectivity index (χ4v) is 2.54. The van der Waals surface area contributed by atoms with E-state index in [0.29, 0.717) is 28.6 Å². The number of fused-ring (bicyclic) bond motifs is 1. The van der Waals surface area contributed by atoms with Crippen LogP contribution in [0.25, 0.3) is 0 Å². The minimum atomic E-state index is -0.557. The van der Waals surface area contributed by atoms with Crippen LogP contribution in [0.15, 0.2) is 24.5 Å². The third kappa shape index (κ3) is 2.31. The summed E-state index contributed by atoms with van der Waals surface area (Å²) in [6, 6.07) is 4.81. The summed E-state index contributed by atoms with van der Waals surface area (Å²) in [5.41, 5.74) is 0.912. The van der Waals surface area contributed by atoms with Gasteiger partial charge in [0.15, 0.2) is 0 Å². The molecule has 0 aliphatic carbocycles. The normalized spacial score (nSPS) is 13.9. The Labute approximate surface area is 126 Å². The number of carbonyl (C=O) groups is 2. The van der Waals surface area contributed by atoms with E-state index in [0.717, 1.165) is 6.42 Å². The SMILES string of the molecule is CCCn1ncnc1CN1C(=O)C(=O)c2ccc(Cl)cc21. The molecule has 0 radical (unpaired) electrons. The minimum Gasteiger partial charge on any atom is -0.297 e. The lowest BCUT2D eigenvalue weighted by molar-refractivity contribution is -0.114. The van der Waals surface area contributed by atoms with Crippen molar-refractivity contribution in [3.05, 3.63) is 40.9 Å². The van der Waals surface area contributed by atoms with E-state index in [1.807, 2.05) is 6.92 Å². The number of carbonyl (C=O) groups excluding carboxylic acids is 2. The van der Waals surface area contributed by atoms with Gasteiger partial charge < -0.3 is 0 Å². The number of benzene rings is 1. The number of Topliss-reactive ketones (excluding diaryl/α,β-unsaturated/α-hetero) is 1. The third-order valence-corrected chi connectivity index (χ3v) is 3.60. The van der Waals surface area contributed by atoms with Crippen LogP contribution >= 0.6 is 11.6 Å². The van der Waals surface area contributed by atoms with Gasteiger partial charge in [0, 0.05) is 11.6 Å². The average Bonchev–Trinajstić information content (AvgIpc) is 2.99. The number of aryl methyl sites for hydroxylation is 1. The fraction of sp³-hybridized carbons (Fsp3) is 0.286. The largest absolute Gasteiger partial charge is 0.299 e. The van der Waals surface area contributed by atoms with E-state index in [9.17, 15) is 9.59 Å². The molecule has 0 atom stereocenters. The molecule has 1 aliphatic rings. The first kappa shape index (κ1) is 13.8. The monoisotopic (exact) mass is 304 g/mol. The van der Waals surface area contributed by atoms with Gasteiger partial charge in [0.1, 0.15) is 12.2 Å². The van der Waals surface area contributed by atoms with Crippen LogP contribution in [0, 0.1) is 0 Å². The molecule has 0 N–H and O–H groups in total. The summed E-state index contributed by atoms with van der Waals surface area (Å²) >= 11 is 5.96. The highest BCUT2D eigenvalue weighted by molar-refractivity contribution is 6.52. The third-order valence-electron chi connectivity index (χ3n) is 3.37. The number of halogens is 1. The van der Waals surface area contributed by atoms with Crippen molar-refractivity contribution in [3.63, 3.8) is 0 Å².